The number of rotatable bonds is 8. The molecule has 0 aliphatic carbocycles. The maximum atomic E-state index is 5.48. The van der Waals surface area contributed by atoms with E-state index in [0.29, 0.717) is 5.75 Å². The molecule has 9 heteroatoms. The van der Waals surface area contributed by atoms with Gasteiger partial charge in [0, 0.05) is 45.4 Å². The van der Waals surface area contributed by atoms with Crippen LogP contribution in [0.1, 0.15) is 0 Å². The Bertz CT molecular complexity index is 1000. The second kappa shape index (κ2) is 9.19. The van der Waals surface area contributed by atoms with Gasteiger partial charge in [0.15, 0.2) is 0 Å². The van der Waals surface area contributed by atoms with Gasteiger partial charge >= 0.3 is 0 Å². The zero-order valence-corrected chi connectivity index (χ0v) is 17.6. The molecule has 0 spiro atoms. The molecule has 4 rings (SSSR count). The lowest BCUT2D eigenvalue weighted by atomic mass is 10.2. The van der Waals surface area contributed by atoms with Gasteiger partial charge in [0.2, 0.25) is 5.95 Å². The Labute approximate surface area is 176 Å². The number of hydrogen-bond donors (Lipinski definition) is 2. The van der Waals surface area contributed by atoms with Crippen molar-refractivity contribution < 1.29 is 14.2 Å². The summed E-state index contributed by atoms with van der Waals surface area (Å²) >= 11 is 0. The predicted octanol–water partition coefficient (Wildman–Crippen LogP) is 2.57. The minimum Gasteiger partial charge on any atom is -0.497 e. The van der Waals surface area contributed by atoms with Crippen molar-refractivity contribution >= 4 is 28.5 Å². The monoisotopic (exact) mass is 412 g/mol. The third-order valence-electron chi connectivity index (χ3n) is 5.27. The van der Waals surface area contributed by atoms with Crippen molar-refractivity contribution in [1.29, 1.82) is 0 Å². The van der Waals surface area contributed by atoms with Crippen molar-refractivity contribution in [2.24, 2.45) is 0 Å². The van der Waals surface area contributed by atoms with Crippen molar-refractivity contribution in [3.05, 3.63) is 30.5 Å². The van der Waals surface area contributed by atoms with E-state index in [1.54, 1.807) is 20.4 Å². The minimum atomic E-state index is 0.688. The minimum absolute atomic E-state index is 0.688. The number of pyridine rings is 1. The van der Waals surface area contributed by atoms with Crippen LogP contribution in [0.15, 0.2) is 30.5 Å². The summed E-state index contributed by atoms with van der Waals surface area (Å²) in [6.45, 7) is 5.31. The summed E-state index contributed by atoms with van der Waals surface area (Å²) in [5, 5.41) is 6.55. The van der Waals surface area contributed by atoms with Gasteiger partial charge in [-0.3, -0.25) is 4.90 Å². The molecule has 3 aromatic rings. The Kier molecular flexibility index (Phi) is 6.20. The standard InChI is InChI=1S/C21H28N6O3/c1-22-21-25-17-14-23-20(24-16-5-4-15(28-2)12-19(16)29-3)13-18(17)27(21)7-6-26-8-10-30-11-9-26/h4-5,12-14H,6-11H2,1-3H3,(H,22,25)(H,23,24). The highest BCUT2D eigenvalue weighted by Crippen LogP contribution is 2.32. The average Bonchev–Trinajstić information content (AvgIpc) is 3.15. The molecule has 1 aliphatic rings. The number of anilines is 3. The molecule has 1 aromatic carbocycles. The third kappa shape index (κ3) is 4.27. The van der Waals surface area contributed by atoms with E-state index in [9.17, 15) is 0 Å². The lowest BCUT2D eigenvalue weighted by molar-refractivity contribution is 0.0366. The lowest BCUT2D eigenvalue weighted by Crippen LogP contribution is -2.38. The largest absolute Gasteiger partial charge is 0.497 e. The van der Waals surface area contributed by atoms with Gasteiger partial charge < -0.3 is 29.4 Å². The average molecular weight is 412 g/mol. The molecular weight excluding hydrogens is 384 g/mol. The summed E-state index contributed by atoms with van der Waals surface area (Å²) < 4.78 is 18.4. The highest BCUT2D eigenvalue weighted by Gasteiger charge is 2.15. The predicted molar refractivity (Wildman–Crippen MR) is 117 cm³/mol. The molecule has 160 valence electrons. The van der Waals surface area contributed by atoms with Gasteiger partial charge in [0.25, 0.3) is 0 Å². The van der Waals surface area contributed by atoms with E-state index < -0.39 is 0 Å². The normalized spacial score (nSPS) is 14.6. The highest BCUT2D eigenvalue weighted by molar-refractivity contribution is 5.81. The fourth-order valence-corrected chi connectivity index (χ4v) is 3.62. The number of imidazole rings is 1. The van der Waals surface area contributed by atoms with E-state index in [0.717, 1.165) is 73.6 Å². The number of nitrogens with one attached hydrogen (secondary N) is 2. The smallest absolute Gasteiger partial charge is 0.203 e. The molecule has 0 atom stereocenters. The quantitative estimate of drug-likeness (QED) is 0.584. The van der Waals surface area contributed by atoms with E-state index >= 15 is 0 Å². The van der Waals surface area contributed by atoms with Crippen LogP contribution in [0.2, 0.25) is 0 Å². The van der Waals surface area contributed by atoms with E-state index in [1.807, 2.05) is 31.3 Å². The Morgan fingerprint density at radius 3 is 2.67 bits per heavy atom. The van der Waals surface area contributed by atoms with Gasteiger partial charge in [0.05, 0.1) is 44.8 Å². The van der Waals surface area contributed by atoms with Crippen LogP contribution in [-0.2, 0) is 11.3 Å². The first-order valence-electron chi connectivity index (χ1n) is 10.0. The molecule has 0 saturated carbocycles. The van der Waals surface area contributed by atoms with Crippen molar-refractivity contribution in [2.45, 2.75) is 6.54 Å². The summed E-state index contributed by atoms with van der Waals surface area (Å²) in [4.78, 5) is 11.6. The first-order chi connectivity index (χ1) is 14.7. The topological polar surface area (TPSA) is 85.7 Å². The molecule has 0 amide bonds. The summed E-state index contributed by atoms with van der Waals surface area (Å²) in [6.07, 6.45) is 1.79. The summed E-state index contributed by atoms with van der Waals surface area (Å²) in [7, 11) is 5.16. The van der Waals surface area contributed by atoms with Crippen LogP contribution in [0, 0.1) is 0 Å². The van der Waals surface area contributed by atoms with Crippen LogP contribution in [0.4, 0.5) is 17.5 Å². The Balaban J connectivity index is 1.59. The lowest BCUT2D eigenvalue weighted by Gasteiger charge is -2.26. The second-order valence-electron chi connectivity index (χ2n) is 7.04. The number of morpholine rings is 1. The van der Waals surface area contributed by atoms with E-state index in [4.69, 9.17) is 14.2 Å². The SMILES string of the molecule is CNc1nc2cnc(Nc3ccc(OC)cc3OC)cc2n1CCN1CCOCC1. The summed E-state index contributed by atoms with van der Waals surface area (Å²) in [5.74, 6) is 2.98. The van der Waals surface area contributed by atoms with Crippen molar-refractivity contribution in [2.75, 3.05) is 64.7 Å². The molecule has 1 saturated heterocycles. The van der Waals surface area contributed by atoms with Gasteiger partial charge in [-0.15, -0.1) is 0 Å². The first kappa shape index (κ1) is 20.2. The molecule has 1 fully saturated rings. The summed E-state index contributed by atoms with van der Waals surface area (Å²) in [5.41, 5.74) is 2.70. The molecule has 0 bridgehead atoms. The first-order valence-corrected chi connectivity index (χ1v) is 10.0. The fraction of sp³-hybridized carbons (Fsp3) is 0.429. The highest BCUT2D eigenvalue weighted by atomic mass is 16.5. The second-order valence-corrected chi connectivity index (χ2v) is 7.04. The molecule has 3 heterocycles. The number of aromatic nitrogens is 3. The fourth-order valence-electron chi connectivity index (χ4n) is 3.62. The molecule has 30 heavy (non-hydrogen) atoms. The zero-order valence-electron chi connectivity index (χ0n) is 17.6. The molecule has 2 N–H and O–H groups in total. The van der Waals surface area contributed by atoms with Crippen LogP contribution < -0.4 is 20.1 Å². The van der Waals surface area contributed by atoms with Crippen LogP contribution in [0.25, 0.3) is 11.0 Å². The Morgan fingerprint density at radius 2 is 1.93 bits per heavy atom. The number of fused-ring (bicyclic) bond motifs is 1. The number of hydrogen-bond acceptors (Lipinski definition) is 8. The molecular formula is C21H28N6O3. The molecule has 1 aliphatic heterocycles. The molecule has 2 aromatic heterocycles. The van der Waals surface area contributed by atoms with Gasteiger partial charge in [-0.05, 0) is 12.1 Å². The summed E-state index contributed by atoms with van der Waals surface area (Å²) in [6, 6.07) is 7.66. The van der Waals surface area contributed by atoms with Gasteiger partial charge in [-0.2, -0.15) is 0 Å². The number of benzene rings is 1. The van der Waals surface area contributed by atoms with Crippen LogP contribution in [0.3, 0.4) is 0 Å². The number of methoxy groups -OCH3 is 2. The van der Waals surface area contributed by atoms with E-state index in [1.165, 1.54) is 0 Å². The number of nitrogens with zero attached hydrogens (tertiary/aromatic N) is 4. The maximum absolute atomic E-state index is 5.48. The number of ether oxygens (including phenoxy) is 3. The van der Waals surface area contributed by atoms with Crippen LogP contribution in [0.5, 0.6) is 11.5 Å². The molecule has 9 nitrogen and oxygen atoms in total. The van der Waals surface area contributed by atoms with Crippen LogP contribution >= 0.6 is 0 Å². The molecule has 0 unspecified atom stereocenters. The molecule has 0 radical (unpaired) electrons. The van der Waals surface area contributed by atoms with Gasteiger partial charge in [-0.1, -0.05) is 0 Å². The van der Waals surface area contributed by atoms with E-state index in [-0.39, 0.29) is 0 Å². The van der Waals surface area contributed by atoms with Crippen molar-refractivity contribution in [3.63, 3.8) is 0 Å². The Morgan fingerprint density at radius 1 is 1.10 bits per heavy atom. The zero-order chi connectivity index (χ0) is 20.9. The van der Waals surface area contributed by atoms with Crippen molar-refractivity contribution in [1.82, 2.24) is 19.4 Å². The van der Waals surface area contributed by atoms with Crippen molar-refractivity contribution in [3.8, 4) is 11.5 Å². The third-order valence-corrected chi connectivity index (χ3v) is 5.27. The van der Waals surface area contributed by atoms with Gasteiger partial charge in [0.1, 0.15) is 22.8 Å². The Hall–Kier alpha value is -3.04. The van der Waals surface area contributed by atoms with Crippen LogP contribution in [-0.4, -0.2) is 73.6 Å². The van der Waals surface area contributed by atoms with Gasteiger partial charge in [-0.25, -0.2) is 9.97 Å². The maximum Gasteiger partial charge on any atom is 0.203 e. The van der Waals surface area contributed by atoms with E-state index in [2.05, 4.69) is 30.1 Å².